The maximum absolute atomic E-state index is 12.7. The van der Waals surface area contributed by atoms with Crippen LogP contribution in [0, 0.1) is 6.92 Å². The summed E-state index contributed by atoms with van der Waals surface area (Å²) in [6, 6.07) is 3.90. The molecule has 0 aliphatic carbocycles. The highest BCUT2D eigenvalue weighted by Gasteiger charge is 2.44. The fourth-order valence-electron chi connectivity index (χ4n) is 6.03. The van der Waals surface area contributed by atoms with Gasteiger partial charge in [0.1, 0.15) is 24.6 Å². The van der Waals surface area contributed by atoms with Crippen molar-refractivity contribution in [2.24, 2.45) is 0 Å². The number of anilines is 1. The number of carbonyl (C=O) groups excluding carboxylic acids is 2. The fourth-order valence-corrected chi connectivity index (χ4v) is 6.03. The Morgan fingerprint density at radius 2 is 1.89 bits per heavy atom. The van der Waals surface area contributed by atoms with Gasteiger partial charge in [-0.3, -0.25) is 14.2 Å². The summed E-state index contributed by atoms with van der Waals surface area (Å²) in [4.78, 5) is 40.7. The minimum Gasteiger partial charge on any atom is -0.387 e. The second-order valence-corrected chi connectivity index (χ2v) is 9.95. The van der Waals surface area contributed by atoms with Gasteiger partial charge in [0.25, 0.3) is 0 Å². The number of ketones is 1. The zero-order valence-corrected chi connectivity index (χ0v) is 20.7. The van der Waals surface area contributed by atoms with Gasteiger partial charge in [0.2, 0.25) is 5.91 Å². The van der Waals surface area contributed by atoms with Crippen molar-refractivity contribution in [1.29, 1.82) is 0 Å². The molecule has 190 valence electrons. The number of rotatable bonds is 5. The van der Waals surface area contributed by atoms with Gasteiger partial charge in [0.15, 0.2) is 11.4 Å². The molecule has 0 spiro atoms. The zero-order chi connectivity index (χ0) is 25.8. The lowest BCUT2D eigenvalue weighted by molar-refractivity contribution is -0.138. The monoisotopic (exact) mass is 500 g/mol. The second kappa shape index (κ2) is 8.77. The van der Waals surface area contributed by atoms with Crippen LogP contribution in [0.25, 0.3) is 22.6 Å². The fraction of sp³-hybridized carbons (Fsp3) is 0.385. The van der Waals surface area contributed by atoms with Crippen LogP contribution in [0.15, 0.2) is 37.1 Å². The first-order valence-corrected chi connectivity index (χ1v) is 12.4. The lowest BCUT2D eigenvalue weighted by Crippen LogP contribution is -2.47. The van der Waals surface area contributed by atoms with Crippen molar-refractivity contribution in [3.05, 3.63) is 54.0 Å². The molecule has 2 bridgehead atoms. The van der Waals surface area contributed by atoms with E-state index in [0.29, 0.717) is 29.7 Å². The van der Waals surface area contributed by atoms with E-state index in [-0.39, 0.29) is 35.5 Å². The Morgan fingerprint density at radius 3 is 2.49 bits per heavy atom. The first kappa shape index (κ1) is 23.3. The first-order chi connectivity index (χ1) is 17.9. The van der Waals surface area contributed by atoms with Gasteiger partial charge in [-0.25, -0.2) is 15.0 Å². The van der Waals surface area contributed by atoms with Crippen LogP contribution in [-0.4, -0.2) is 69.5 Å². The summed E-state index contributed by atoms with van der Waals surface area (Å²) >= 11 is 0. The molecule has 0 aromatic carbocycles. The van der Waals surface area contributed by atoms with E-state index in [9.17, 15) is 14.7 Å². The highest BCUT2D eigenvalue weighted by molar-refractivity contribution is 6.00. The van der Waals surface area contributed by atoms with Crippen molar-refractivity contribution >= 4 is 23.2 Å². The van der Waals surface area contributed by atoms with Crippen LogP contribution in [0.3, 0.4) is 0 Å². The van der Waals surface area contributed by atoms with Crippen molar-refractivity contribution in [3.8, 4) is 16.9 Å². The minimum atomic E-state index is -0.486. The van der Waals surface area contributed by atoms with Crippen LogP contribution < -0.4 is 5.73 Å². The predicted molar refractivity (Wildman–Crippen MR) is 135 cm³/mol. The normalized spacial score (nSPS) is 21.1. The molecule has 2 saturated heterocycles. The number of nitrogen functional groups attached to an aromatic ring is 1. The van der Waals surface area contributed by atoms with Gasteiger partial charge in [-0.1, -0.05) is 0 Å². The average Bonchev–Trinajstić information content (AvgIpc) is 3.59. The largest absolute Gasteiger partial charge is 0.387 e. The van der Waals surface area contributed by atoms with E-state index in [1.807, 2.05) is 34.7 Å². The van der Waals surface area contributed by atoms with Crippen LogP contribution in [0.4, 0.5) is 5.82 Å². The molecule has 11 heteroatoms. The molecule has 4 aromatic rings. The summed E-state index contributed by atoms with van der Waals surface area (Å²) in [5.74, 6) is 0.576. The van der Waals surface area contributed by atoms with Gasteiger partial charge in [0, 0.05) is 41.5 Å². The van der Waals surface area contributed by atoms with E-state index in [2.05, 4.69) is 15.1 Å². The number of amides is 1. The number of nitrogens with zero attached hydrogens (tertiary/aromatic N) is 7. The highest BCUT2D eigenvalue weighted by Crippen LogP contribution is 2.44. The van der Waals surface area contributed by atoms with E-state index < -0.39 is 6.61 Å². The molecule has 37 heavy (non-hydrogen) atoms. The van der Waals surface area contributed by atoms with Crippen LogP contribution in [0.2, 0.25) is 0 Å². The van der Waals surface area contributed by atoms with Crippen molar-refractivity contribution in [3.63, 3.8) is 0 Å². The standard InChI is InChI=1S/C26H28N8O3/c1-14-11-32(13-29-14)21-6-3-16(9-28-21)20-10-30-34-25(27)23(15(2)36)24(31-26(20)34)17-7-18-4-5-19(8-17)33(18)22(37)12-35/h3,6,9-11,13,17-19,35H,4-5,7-8,12,27H2,1-2H3/t17-,18-,19+. The van der Waals surface area contributed by atoms with Crippen molar-refractivity contribution in [2.45, 2.75) is 57.5 Å². The zero-order valence-electron chi connectivity index (χ0n) is 20.7. The number of pyridine rings is 1. The molecule has 2 fully saturated rings. The molecule has 0 unspecified atom stereocenters. The Morgan fingerprint density at radius 1 is 1.14 bits per heavy atom. The Balaban J connectivity index is 1.41. The number of imidazole rings is 1. The highest BCUT2D eigenvalue weighted by atomic mass is 16.3. The van der Waals surface area contributed by atoms with Crippen LogP contribution in [0.1, 0.15) is 60.3 Å². The topological polar surface area (TPSA) is 145 Å². The molecular weight excluding hydrogens is 472 g/mol. The molecule has 3 N–H and O–H groups in total. The van der Waals surface area contributed by atoms with Gasteiger partial charge in [-0.05, 0) is 51.7 Å². The number of hydrogen-bond donors (Lipinski definition) is 2. The number of aliphatic hydroxyl groups is 1. The number of Topliss-reactive ketones (excluding diaryl/α,β-unsaturated/α-hetero) is 1. The van der Waals surface area contributed by atoms with Crippen LogP contribution in [-0.2, 0) is 4.79 Å². The molecule has 0 radical (unpaired) electrons. The third-order valence-corrected chi connectivity index (χ3v) is 7.64. The molecular formula is C26H28N8O3. The number of aryl methyl sites for hydroxylation is 1. The number of hydrogen-bond acceptors (Lipinski definition) is 8. The minimum absolute atomic E-state index is 0.0235. The Labute approximate surface area is 213 Å². The van der Waals surface area contributed by atoms with Gasteiger partial charge < -0.3 is 15.7 Å². The number of aliphatic hydroxyl groups excluding tert-OH is 1. The molecule has 4 aromatic heterocycles. The summed E-state index contributed by atoms with van der Waals surface area (Å²) in [5.41, 5.74) is 10.6. The van der Waals surface area contributed by atoms with E-state index in [1.54, 1.807) is 18.7 Å². The van der Waals surface area contributed by atoms with Crippen molar-refractivity contribution in [2.75, 3.05) is 12.3 Å². The number of nitrogens with two attached hydrogens (primary N) is 1. The Hall–Kier alpha value is -4.12. The summed E-state index contributed by atoms with van der Waals surface area (Å²) < 4.78 is 3.37. The van der Waals surface area contributed by atoms with E-state index in [1.165, 1.54) is 11.4 Å². The van der Waals surface area contributed by atoms with Gasteiger partial charge in [-0.15, -0.1) is 0 Å². The maximum Gasteiger partial charge on any atom is 0.248 e. The lowest BCUT2D eigenvalue weighted by atomic mass is 9.85. The lowest BCUT2D eigenvalue weighted by Gasteiger charge is -2.39. The Bertz CT molecular complexity index is 1510. The molecule has 3 atom stereocenters. The third kappa shape index (κ3) is 3.77. The number of piperidine rings is 1. The third-order valence-electron chi connectivity index (χ3n) is 7.64. The van der Waals surface area contributed by atoms with Crippen LogP contribution >= 0.6 is 0 Å². The Kier molecular flexibility index (Phi) is 5.52. The van der Waals surface area contributed by atoms with Gasteiger partial charge in [-0.2, -0.15) is 9.61 Å². The number of carbonyl (C=O) groups is 2. The second-order valence-electron chi connectivity index (χ2n) is 9.95. The molecule has 1 amide bonds. The summed E-state index contributed by atoms with van der Waals surface area (Å²) in [5, 5.41) is 13.9. The molecule has 11 nitrogen and oxygen atoms in total. The summed E-state index contributed by atoms with van der Waals surface area (Å²) in [6.45, 7) is 2.93. The summed E-state index contributed by atoms with van der Waals surface area (Å²) in [6.07, 6.45) is 10.2. The van der Waals surface area contributed by atoms with Crippen molar-refractivity contribution in [1.82, 2.24) is 34.0 Å². The maximum atomic E-state index is 12.7. The number of fused-ring (bicyclic) bond motifs is 3. The quantitative estimate of drug-likeness (QED) is 0.397. The molecule has 6 rings (SSSR count). The average molecular weight is 501 g/mol. The van der Waals surface area contributed by atoms with Crippen molar-refractivity contribution < 1.29 is 14.7 Å². The van der Waals surface area contributed by atoms with E-state index in [4.69, 9.17) is 10.7 Å². The predicted octanol–water partition coefficient (Wildman–Crippen LogP) is 2.30. The van der Waals surface area contributed by atoms with E-state index >= 15 is 0 Å². The molecule has 2 aliphatic rings. The van der Waals surface area contributed by atoms with Gasteiger partial charge >= 0.3 is 0 Å². The molecule has 2 aliphatic heterocycles. The van der Waals surface area contributed by atoms with Crippen LogP contribution in [0.5, 0.6) is 0 Å². The summed E-state index contributed by atoms with van der Waals surface area (Å²) in [7, 11) is 0. The first-order valence-electron chi connectivity index (χ1n) is 12.4. The number of aromatic nitrogens is 6. The van der Waals surface area contributed by atoms with Gasteiger partial charge in [0.05, 0.1) is 23.1 Å². The smallest absolute Gasteiger partial charge is 0.248 e. The molecule has 6 heterocycles. The SMILES string of the molecule is CC(=O)c1c([C@@H]2C[C@H]3CC[C@@H](C2)N3C(=O)CO)nc2c(-c3ccc(-n4cnc(C)c4)nc3)cnn2c1N. The van der Waals surface area contributed by atoms with E-state index in [0.717, 1.165) is 35.5 Å². The molecule has 0 saturated carbocycles.